The SMILES string of the molecule is CCc1cc(N2CCC(C(O)c3ccc(F)cc3)CC2)nc(-c2ccncc2)n1. The zero-order chi connectivity index (χ0) is 20.2. The topological polar surface area (TPSA) is 62.1 Å². The van der Waals surface area contributed by atoms with Crippen LogP contribution >= 0.6 is 0 Å². The number of pyridine rings is 1. The number of aliphatic hydroxyl groups excluding tert-OH is 1. The number of piperidine rings is 1. The average molecular weight is 392 g/mol. The molecule has 1 aliphatic heterocycles. The molecule has 1 unspecified atom stereocenters. The molecule has 29 heavy (non-hydrogen) atoms. The van der Waals surface area contributed by atoms with Crippen LogP contribution in [0.15, 0.2) is 54.9 Å². The number of benzene rings is 1. The lowest BCUT2D eigenvalue weighted by Crippen LogP contribution is -2.36. The molecular formula is C23H25FN4O. The van der Waals surface area contributed by atoms with Crippen molar-refractivity contribution in [2.75, 3.05) is 18.0 Å². The number of aryl methyl sites for hydroxylation is 1. The fourth-order valence-electron chi connectivity index (χ4n) is 3.83. The fourth-order valence-corrected chi connectivity index (χ4v) is 3.83. The van der Waals surface area contributed by atoms with Crippen LogP contribution in [0.25, 0.3) is 11.4 Å². The van der Waals surface area contributed by atoms with Crippen molar-refractivity contribution in [1.82, 2.24) is 15.0 Å². The Balaban J connectivity index is 1.49. The van der Waals surface area contributed by atoms with Gasteiger partial charge in [-0.15, -0.1) is 0 Å². The van der Waals surface area contributed by atoms with Gasteiger partial charge in [0, 0.05) is 42.8 Å². The van der Waals surface area contributed by atoms with Crippen LogP contribution in [0, 0.1) is 11.7 Å². The highest BCUT2D eigenvalue weighted by Gasteiger charge is 2.27. The third-order valence-corrected chi connectivity index (χ3v) is 5.59. The van der Waals surface area contributed by atoms with Crippen LogP contribution in [0.4, 0.5) is 10.2 Å². The van der Waals surface area contributed by atoms with Crippen LogP contribution in [0.5, 0.6) is 0 Å². The number of rotatable bonds is 5. The summed E-state index contributed by atoms with van der Waals surface area (Å²) < 4.78 is 13.1. The van der Waals surface area contributed by atoms with Gasteiger partial charge in [0.25, 0.3) is 0 Å². The maximum absolute atomic E-state index is 13.1. The zero-order valence-corrected chi connectivity index (χ0v) is 16.5. The lowest BCUT2D eigenvalue weighted by Gasteiger charge is -2.35. The Bertz CT molecular complexity index is 941. The van der Waals surface area contributed by atoms with Crippen LogP contribution < -0.4 is 4.90 Å². The number of halogens is 1. The molecule has 0 aliphatic carbocycles. The molecule has 3 heterocycles. The molecule has 2 aromatic heterocycles. The Morgan fingerprint density at radius 2 is 1.76 bits per heavy atom. The van der Waals surface area contributed by atoms with E-state index >= 15 is 0 Å². The van der Waals surface area contributed by atoms with Crippen LogP contribution in [0.1, 0.15) is 37.1 Å². The molecule has 6 heteroatoms. The summed E-state index contributed by atoms with van der Waals surface area (Å²) in [7, 11) is 0. The van der Waals surface area contributed by atoms with Crippen LogP contribution in [0.3, 0.4) is 0 Å². The van der Waals surface area contributed by atoms with Gasteiger partial charge in [-0.05, 0) is 55.0 Å². The molecule has 0 spiro atoms. The Kier molecular flexibility index (Phi) is 5.81. The number of hydrogen-bond donors (Lipinski definition) is 1. The predicted octanol–water partition coefficient (Wildman–Crippen LogP) is 4.19. The Hall–Kier alpha value is -2.86. The maximum Gasteiger partial charge on any atom is 0.161 e. The maximum atomic E-state index is 13.1. The smallest absolute Gasteiger partial charge is 0.161 e. The van der Waals surface area contributed by atoms with E-state index in [0.717, 1.165) is 60.8 Å². The highest BCUT2D eigenvalue weighted by molar-refractivity contribution is 5.57. The molecule has 1 N–H and O–H groups in total. The van der Waals surface area contributed by atoms with Crippen molar-refractivity contribution in [3.8, 4) is 11.4 Å². The van der Waals surface area contributed by atoms with Crippen molar-refractivity contribution in [3.63, 3.8) is 0 Å². The van der Waals surface area contributed by atoms with Crippen molar-refractivity contribution in [1.29, 1.82) is 0 Å². The number of aliphatic hydroxyl groups is 1. The van der Waals surface area contributed by atoms with E-state index in [1.165, 1.54) is 12.1 Å². The number of aromatic nitrogens is 3. The highest BCUT2D eigenvalue weighted by Crippen LogP contribution is 2.32. The van der Waals surface area contributed by atoms with Gasteiger partial charge in [-0.25, -0.2) is 14.4 Å². The first-order chi connectivity index (χ1) is 14.1. The molecule has 0 radical (unpaired) electrons. The van der Waals surface area contributed by atoms with E-state index in [1.54, 1.807) is 24.5 Å². The van der Waals surface area contributed by atoms with Crippen LogP contribution in [-0.4, -0.2) is 33.1 Å². The quantitative estimate of drug-likeness (QED) is 0.705. The Labute approximate surface area is 170 Å². The molecule has 1 fully saturated rings. The predicted molar refractivity (Wildman–Crippen MR) is 111 cm³/mol. The first-order valence-electron chi connectivity index (χ1n) is 10.1. The summed E-state index contributed by atoms with van der Waals surface area (Å²) in [5.74, 6) is 1.52. The van der Waals surface area contributed by atoms with Crippen LogP contribution in [0.2, 0.25) is 0 Å². The van der Waals surface area contributed by atoms with Gasteiger partial charge in [-0.3, -0.25) is 4.98 Å². The van der Waals surface area contributed by atoms with Crippen molar-refractivity contribution >= 4 is 5.82 Å². The van der Waals surface area contributed by atoms with Gasteiger partial charge in [0.2, 0.25) is 0 Å². The second-order valence-corrected chi connectivity index (χ2v) is 7.45. The molecule has 4 rings (SSSR count). The number of anilines is 1. The Morgan fingerprint density at radius 1 is 1.07 bits per heavy atom. The molecular weight excluding hydrogens is 367 g/mol. The molecule has 0 amide bonds. The first-order valence-corrected chi connectivity index (χ1v) is 10.1. The van der Waals surface area contributed by atoms with Gasteiger partial charge in [-0.2, -0.15) is 0 Å². The van der Waals surface area contributed by atoms with Gasteiger partial charge >= 0.3 is 0 Å². The van der Waals surface area contributed by atoms with Crippen molar-refractivity contribution < 1.29 is 9.50 Å². The molecule has 150 valence electrons. The highest BCUT2D eigenvalue weighted by atomic mass is 19.1. The second kappa shape index (κ2) is 8.66. The monoisotopic (exact) mass is 392 g/mol. The molecule has 0 bridgehead atoms. The van der Waals surface area contributed by atoms with E-state index < -0.39 is 6.10 Å². The lowest BCUT2D eigenvalue weighted by atomic mass is 9.87. The third-order valence-electron chi connectivity index (χ3n) is 5.59. The fraction of sp³-hybridized carbons (Fsp3) is 0.348. The summed E-state index contributed by atoms with van der Waals surface area (Å²) in [6, 6.07) is 12.1. The average Bonchev–Trinajstić information content (AvgIpc) is 2.79. The molecule has 3 aromatic rings. The van der Waals surface area contributed by atoms with E-state index in [4.69, 9.17) is 4.98 Å². The number of hydrogen-bond acceptors (Lipinski definition) is 5. The first kappa shape index (κ1) is 19.5. The molecule has 1 saturated heterocycles. The van der Waals surface area contributed by atoms with Crippen LogP contribution in [-0.2, 0) is 6.42 Å². The van der Waals surface area contributed by atoms with Crippen molar-refractivity contribution in [3.05, 3.63) is 71.9 Å². The largest absolute Gasteiger partial charge is 0.388 e. The van der Waals surface area contributed by atoms with Crippen molar-refractivity contribution in [2.45, 2.75) is 32.3 Å². The van der Waals surface area contributed by atoms with Gasteiger partial charge < -0.3 is 10.0 Å². The lowest BCUT2D eigenvalue weighted by molar-refractivity contribution is 0.0928. The van der Waals surface area contributed by atoms with E-state index in [2.05, 4.69) is 27.9 Å². The summed E-state index contributed by atoms with van der Waals surface area (Å²) in [6.07, 6.45) is 5.48. The standard InChI is InChI=1S/C23H25FN4O/c1-2-20-15-21(27-23(26-20)18-7-11-25-12-8-18)28-13-9-17(10-14-28)22(29)16-3-5-19(24)6-4-16/h3-8,11-12,15,17,22,29H,2,9-10,13-14H2,1H3. The summed E-state index contributed by atoms with van der Waals surface area (Å²) in [4.78, 5) is 15.8. The second-order valence-electron chi connectivity index (χ2n) is 7.45. The zero-order valence-electron chi connectivity index (χ0n) is 16.5. The molecule has 1 aliphatic rings. The summed E-state index contributed by atoms with van der Waals surface area (Å²) in [5, 5.41) is 10.7. The van der Waals surface area contributed by atoms with E-state index in [1.807, 2.05) is 12.1 Å². The molecule has 0 saturated carbocycles. The van der Waals surface area contributed by atoms with Crippen molar-refractivity contribution in [2.24, 2.45) is 5.92 Å². The normalized spacial score (nSPS) is 16.0. The molecule has 1 aromatic carbocycles. The van der Waals surface area contributed by atoms with E-state index in [0.29, 0.717) is 0 Å². The van der Waals surface area contributed by atoms with Gasteiger partial charge in [0.1, 0.15) is 11.6 Å². The Morgan fingerprint density at radius 3 is 2.41 bits per heavy atom. The summed E-state index contributed by atoms with van der Waals surface area (Å²) in [5.41, 5.74) is 2.74. The van der Waals surface area contributed by atoms with Gasteiger partial charge in [0.15, 0.2) is 5.82 Å². The van der Waals surface area contributed by atoms with Gasteiger partial charge in [0.05, 0.1) is 6.10 Å². The summed E-state index contributed by atoms with van der Waals surface area (Å²) >= 11 is 0. The minimum Gasteiger partial charge on any atom is -0.388 e. The minimum absolute atomic E-state index is 0.156. The van der Waals surface area contributed by atoms with Gasteiger partial charge in [-0.1, -0.05) is 19.1 Å². The minimum atomic E-state index is -0.568. The molecule has 5 nitrogen and oxygen atoms in total. The molecule has 1 atom stereocenters. The summed E-state index contributed by atoms with van der Waals surface area (Å²) in [6.45, 7) is 3.73. The number of nitrogens with zero attached hydrogens (tertiary/aromatic N) is 4. The third kappa shape index (κ3) is 4.43. The van der Waals surface area contributed by atoms with E-state index in [-0.39, 0.29) is 11.7 Å². The van der Waals surface area contributed by atoms with E-state index in [9.17, 15) is 9.50 Å².